The Balaban J connectivity index is 0. The topological polar surface area (TPSA) is 114 Å². The minimum absolute atomic E-state index is 0. The van der Waals surface area contributed by atoms with Gasteiger partial charge in [0.15, 0.2) is 0 Å². The van der Waals surface area contributed by atoms with Crippen LogP contribution in [0.15, 0.2) is 30.3 Å². The molecule has 0 fully saturated rings. The van der Waals surface area contributed by atoms with Crippen molar-refractivity contribution in [2.45, 2.75) is 12.8 Å². The maximum absolute atomic E-state index is 10.6. The van der Waals surface area contributed by atoms with Crippen LogP contribution >= 0.6 is 31.4 Å². The van der Waals surface area contributed by atoms with E-state index in [-0.39, 0.29) is 78.5 Å². The van der Waals surface area contributed by atoms with E-state index in [1.54, 1.807) is 23.5 Å². The first-order chi connectivity index (χ1) is 12.7. The molecule has 0 aliphatic rings. The molecular formula is C16H25Na2O6PS4. The summed E-state index contributed by atoms with van der Waals surface area (Å²) in [7, 11) is -8.58. The molecule has 1 aromatic carbocycles. The number of rotatable bonds is 15. The molecule has 0 spiro atoms. The van der Waals surface area contributed by atoms with Gasteiger partial charge in [0.1, 0.15) is 0 Å². The average molecular weight is 519 g/mol. The molecule has 0 bridgehead atoms. The Kier molecular flexibility index (Phi) is 21.4. The quantitative estimate of drug-likeness (QED) is 0.100. The Labute approximate surface area is 229 Å². The van der Waals surface area contributed by atoms with Gasteiger partial charge in [-0.1, -0.05) is 38.3 Å². The minimum atomic E-state index is -4.12. The van der Waals surface area contributed by atoms with Crippen molar-refractivity contribution in [2.75, 3.05) is 46.8 Å². The molecule has 0 aliphatic carbocycles. The zero-order valence-corrected chi connectivity index (χ0v) is 25.1. The molecular weight excluding hydrogens is 493 g/mol. The summed E-state index contributed by atoms with van der Waals surface area (Å²) < 4.78 is 63.5. The molecule has 0 radical (unpaired) electrons. The summed E-state index contributed by atoms with van der Waals surface area (Å²) in [6.45, 7) is 0. The smallest absolute Gasteiger partial charge is 0.748 e. The molecule has 0 saturated carbocycles. The second-order valence-electron chi connectivity index (χ2n) is 5.78. The predicted molar refractivity (Wildman–Crippen MR) is 116 cm³/mol. The van der Waals surface area contributed by atoms with E-state index in [0.29, 0.717) is 24.3 Å². The van der Waals surface area contributed by atoms with Gasteiger partial charge in [-0.3, -0.25) is 0 Å². The average Bonchev–Trinajstić information content (AvgIpc) is 2.58. The van der Waals surface area contributed by atoms with E-state index >= 15 is 0 Å². The van der Waals surface area contributed by atoms with E-state index in [1.165, 1.54) is 5.30 Å². The van der Waals surface area contributed by atoms with Crippen molar-refractivity contribution >= 4 is 57.0 Å². The van der Waals surface area contributed by atoms with E-state index < -0.39 is 20.2 Å². The third-order valence-electron chi connectivity index (χ3n) is 3.50. The van der Waals surface area contributed by atoms with Crippen LogP contribution in [-0.4, -0.2) is 72.8 Å². The predicted octanol–water partition coefficient (Wildman–Crippen LogP) is -3.86. The summed E-state index contributed by atoms with van der Waals surface area (Å²) in [5, 5.41) is 1.32. The van der Waals surface area contributed by atoms with E-state index in [9.17, 15) is 25.9 Å². The Morgan fingerprint density at radius 1 is 0.724 bits per heavy atom. The van der Waals surface area contributed by atoms with Gasteiger partial charge in [-0.05, 0) is 53.5 Å². The monoisotopic (exact) mass is 518 g/mol. The van der Waals surface area contributed by atoms with E-state index in [2.05, 4.69) is 12.1 Å². The SMILES string of the molecule is O=S(=O)([O-])CCCSCCP(CCSCCCS(=O)(=O)[O-])c1ccccc1.[Na+].[Na+]. The second-order valence-corrected chi connectivity index (χ2v) is 13.8. The van der Waals surface area contributed by atoms with Crippen molar-refractivity contribution in [3.05, 3.63) is 30.3 Å². The van der Waals surface area contributed by atoms with Gasteiger partial charge in [0.25, 0.3) is 0 Å². The summed E-state index contributed by atoms with van der Waals surface area (Å²) in [4.78, 5) is 0. The van der Waals surface area contributed by atoms with E-state index in [1.807, 2.05) is 18.2 Å². The van der Waals surface area contributed by atoms with Crippen molar-refractivity contribution < 1.29 is 85.1 Å². The van der Waals surface area contributed by atoms with Crippen molar-refractivity contribution in [2.24, 2.45) is 0 Å². The summed E-state index contributed by atoms with van der Waals surface area (Å²) in [5.74, 6) is 2.55. The van der Waals surface area contributed by atoms with Crippen LogP contribution in [0.2, 0.25) is 0 Å². The van der Waals surface area contributed by atoms with Gasteiger partial charge >= 0.3 is 59.1 Å². The molecule has 13 heteroatoms. The first-order valence-electron chi connectivity index (χ1n) is 8.50. The van der Waals surface area contributed by atoms with E-state index in [4.69, 9.17) is 0 Å². The standard InChI is InChI=1S/C16H27O6PS4.2Na/c17-26(18,19)14-4-10-24-12-8-23(16-6-2-1-3-7-16)9-13-25-11-5-15-27(20,21)22;;/h1-3,6-7H,4-5,8-15H2,(H,17,18,19)(H,20,21,22);;/q;2*+1/p-2. The first-order valence-corrected chi connectivity index (χ1v) is 15.7. The number of thioether (sulfide) groups is 2. The Morgan fingerprint density at radius 3 is 1.52 bits per heavy atom. The first kappa shape index (κ1) is 33.3. The van der Waals surface area contributed by atoms with Crippen molar-refractivity contribution in [3.63, 3.8) is 0 Å². The molecule has 0 unspecified atom stereocenters. The normalized spacial score (nSPS) is 11.7. The second kappa shape index (κ2) is 18.6. The van der Waals surface area contributed by atoms with Crippen molar-refractivity contribution in [3.8, 4) is 0 Å². The molecule has 0 atom stereocenters. The van der Waals surface area contributed by atoms with Crippen LogP contribution in [0.4, 0.5) is 0 Å². The summed E-state index contributed by atoms with van der Waals surface area (Å²) in [5.41, 5.74) is 0. The van der Waals surface area contributed by atoms with Crippen molar-refractivity contribution in [1.29, 1.82) is 0 Å². The Hall–Kier alpha value is 2.17. The molecule has 0 heterocycles. The zero-order chi connectivity index (χ0) is 20.2. The third kappa shape index (κ3) is 20.5. The summed E-state index contributed by atoms with van der Waals surface area (Å²) in [6.07, 6.45) is 2.81. The maximum atomic E-state index is 10.6. The summed E-state index contributed by atoms with van der Waals surface area (Å²) >= 11 is 3.34. The Bertz CT molecular complexity index is 691. The van der Waals surface area contributed by atoms with Gasteiger partial charge in [-0.25, -0.2) is 16.8 Å². The number of benzene rings is 1. The molecule has 29 heavy (non-hydrogen) atoms. The van der Waals surface area contributed by atoms with Crippen LogP contribution in [0.25, 0.3) is 0 Å². The van der Waals surface area contributed by atoms with E-state index in [0.717, 1.165) is 23.8 Å². The van der Waals surface area contributed by atoms with Crippen LogP contribution in [0.5, 0.6) is 0 Å². The van der Waals surface area contributed by atoms with Gasteiger partial charge in [0.2, 0.25) is 0 Å². The molecule has 0 aromatic heterocycles. The fraction of sp³-hybridized carbons (Fsp3) is 0.625. The fourth-order valence-corrected chi connectivity index (χ4v) is 8.83. The summed E-state index contributed by atoms with van der Waals surface area (Å²) in [6, 6.07) is 10.3. The molecule has 6 nitrogen and oxygen atoms in total. The maximum Gasteiger partial charge on any atom is 1.00 e. The molecule has 1 aromatic rings. The van der Waals surface area contributed by atoms with Crippen LogP contribution in [-0.2, 0) is 20.2 Å². The van der Waals surface area contributed by atoms with Crippen LogP contribution in [0.3, 0.4) is 0 Å². The Morgan fingerprint density at radius 2 is 1.14 bits per heavy atom. The number of hydrogen-bond acceptors (Lipinski definition) is 8. The largest absolute Gasteiger partial charge is 1.00 e. The zero-order valence-electron chi connectivity index (χ0n) is 17.0. The molecule has 0 aliphatic heterocycles. The van der Waals surface area contributed by atoms with Gasteiger partial charge in [-0.15, -0.1) is 0 Å². The van der Waals surface area contributed by atoms with Crippen molar-refractivity contribution in [1.82, 2.24) is 0 Å². The number of hydrogen-bond donors (Lipinski definition) is 0. The molecule has 156 valence electrons. The van der Waals surface area contributed by atoms with Gasteiger partial charge in [0, 0.05) is 11.5 Å². The minimum Gasteiger partial charge on any atom is -0.748 e. The molecule has 0 amide bonds. The molecule has 0 N–H and O–H groups in total. The fourth-order valence-electron chi connectivity index (χ4n) is 2.24. The van der Waals surface area contributed by atoms with Crippen LogP contribution < -0.4 is 64.4 Å². The van der Waals surface area contributed by atoms with Gasteiger partial charge < -0.3 is 9.11 Å². The van der Waals surface area contributed by atoms with Crippen LogP contribution in [0, 0.1) is 0 Å². The van der Waals surface area contributed by atoms with Gasteiger partial charge in [-0.2, -0.15) is 23.5 Å². The molecule has 0 saturated heterocycles. The third-order valence-corrected chi connectivity index (χ3v) is 10.4. The molecule has 1 rings (SSSR count). The van der Waals surface area contributed by atoms with Crippen LogP contribution in [0.1, 0.15) is 12.8 Å². The van der Waals surface area contributed by atoms with Gasteiger partial charge in [0.05, 0.1) is 20.2 Å².